The number of rotatable bonds is 9. The van der Waals surface area contributed by atoms with Gasteiger partial charge in [0.1, 0.15) is 11.6 Å². The molecule has 12 heteroatoms. The third kappa shape index (κ3) is 7.69. The van der Waals surface area contributed by atoms with Crippen molar-refractivity contribution < 1.29 is 22.0 Å². The summed E-state index contributed by atoms with van der Waals surface area (Å²) in [5.74, 6) is -0.273. The number of hydrogen-bond acceptors (Lipinski definition) is 7. The molecule has 0 spiro atoms. The normalized spacial score (nSPS) is 11.5. The lowest BCUT2D eigenvalue weighted by Gasteiger charge is -2.10. The van der Waals surface area contributed by atoms with Crippen LogP contribution in [0.15, 0.2) is 77.9 Å². The minimum absolute atomic E-state index is 0.0568. The smallest absolute Gasteiger partial charge is 0.350 e. The maximum absolute atomic E-state index is 13.2. The third-order valence-corrected chi connectivity index (χ3v) is 4.98. The number of alkyl halides is 3. The van der Waals surface area contributed by atoms with Crippen molar-refractivity contribution in [3.05, 3.63) is 107 Å². The average molecular weight is 513 g/mol. The van der Waals surface area contributed by atoms with E-state index in [0.29, 0.717) is 18.7 Å². The first-order valence-corrected chi connectivity index (χ1v) is 10.9. The van der Waals surface area contributed by atoms with E-state index in [2.05, 4.69) is 36.1 Å². The molecule has 0 radical (unpaired) electrons. The van der Waals surface area contributed by atoms with Gasteiger partial charge in [0.05, 0.1) is 11.8 Å². The zero-order chi connectivity index (χ0) is 26.3. The van der Waals surface area contributed by atoms with Crippen molar-refractivity contribution in [1.82, 2.24) is 15.0 Å². The van der Waals surface area contributed by atoms with E-state index in [9.17, 15) is 22.0 Å². The van der Waals surface area contributed by atoms with Gasteiger partial charge < -0.3 is 10.6 Å². The third-order valence-electron chi connectivity index (χ3n) is 4.98. The summed E-state index contributed by atoms with van der Waals surface area (Å²) < 4.78 is 64.5. The quantitative estimate of drug-likeness (QED) is 0.148. The Balaban J connectivity index is 1.47. The second kappa shape index (κ2) is 11.4. The van der Waals surface area contributed by atoms with Crippen LogP contribution >= 0.6 is 0 Å². The predicted molar refractivity (Wildman–Crippen MR) is 130 cm³/mol. The van der Waals surface area contributed by atoms with Crippen LogP contribution in [0, 0.1) is 11.6 Å². The van der Waals surface area contributed by atoms with Crippen molar-refractivity contribution in [2.24, 2.45) is 5.10 Å². The van der Waals surface area contributed by atoms with Crippen molar-refractivity contribution in [3.63, 3.8) is 0 Å². The monoisotopic (exact) mass is 513 g/mol. The fourth-order valence-electron chi connectivity index (χ4n) is 3.07. The molecule has 0 saturated carbocycles. The van der Waals surface area contributed by atoms with Crippen LogP contribution in [0.2, 0.25) is 0 Å². The summed E-state index contributed by atoms with van der Waals surface area (Å²) in [5.41, 5.74) is 3.88. The van der Waals surface area contributed by atoms with Gasteiger partial charge in [-0.05, 0) is 53.1 Å². The first kappa shape index (κ1) is 25.5. The highest BCUT2D eigenvalue weighted by atomic mass is 19.4. The van der Waals surface area contributed by atoms with Gasteiger partial charge in [0.2, 0.25) is 17.8 Å². The van der Waals surface area contributed by atoms with Crippen LogP contribution in [0.3, 0.4) is 0 Å². The molecule has 7 nitrogen and oxygen atoms in total. The molecule has 0 atom stereocenters. The fourth-order valence-corrected chi connectivity index (χ4v) is 3.07. The molecule has 3 N–H and O–H groups in total. The number of halogens is 5. The SMILES string of the molecule is Fc1ccc(CNc2nc(NCc3ccc(F)cc3)nc(N/N=C/c3ccc(C(F)(F)F)cc3)n2)cc1. The van der Waals surface area contributed by atoms with Crippen LogP contribution in [-0.2, 0) is 19.3 Å². The van der Waals surface area contributed by atoms with Crippen molar-refractivity contribution in [2.75, 3.05) is 16.1 Å². The molecule has 0 aliphatic carbocycles. The van der Waals surface area contributed by atoms with E-state index in [4.69, 9.17) is 0 Å². The lowest BCUT2D eigenvalue weighted by atomic mass is 10.1. The standard InChI is InChI=1S/C25H20F5N7/c26-20-9-3-16(4-10-20)13-31-22-34-23(32-14-17-5-11-21(27)12-6-17)36-24(35-22)37-33-15-18-1-7-19(8-2-18)25(28,29)30/h1-12,15H,13-14H2,(H3,31,32,34,35,36,37)/b33-15+. The lowest BCUT2D eigenvalue weighted by molar-refractivity contribution is -0.137. The second-order valence-corrected chi connectivity index (χ2v) is 7.76. The molecule has 0 bridgehead atoms. The molecule has 190 valence electrons. The Kier molecular flexibility index (Phi) is 7.86. The molecule has 4 aromatic rings. The van der Waals surface area contributed by atoms with Gasteiger partial charge in [0, 0.05) is 13.1 Å². The van der Waals surface area contributed by atoms with Gasteiger partial charge in [-0.2, -0.15) is 33.2 Å². The van der Waals surface area contributed by atoms with E-state index in [-0.39, 0.29) is 29.5 Å². The van der Waals surface area contributed by atoms with Gasteiger partial charge >= 0.3 is 6.18 Å². The largest absolute Gasteiger partial charge is 0.416 e. The molecular weight excluding hydrogens is 493 g/mol. The highest BCUT2D eigenvalue weighted by Crippen LogP contribution is 2.28. The summed E-state index contributed by atoms with van der Waals surface area (Å²) >= 11 is 0. The summed E-state index contributed by atoms with van der Waals surface area (Å²) in [7, 11) is 0. The number of anilines is 3. The number of aromatic nitrogens is 3. The summed E-state index contributed by atoms with van der Waals surface area (Å²) in [6, 6.07) is 16.3. The van der Waals surface area contributed by atoms with Gasteiger partial charge in [-0.15, -0.1) is 0 Å². The van der Waals surface area contributed by atoms with Crippen LogP contribution < -0.4 is 16.1 Å². The molecule has 0 amide bonds. The Morgan fingerprint density at radius 1 is 0.649 bits per heavy atom. The molecule has 1 heterocycles. The van der Waals surface area contributed by atoms with E-state index in [1.807, 2.05) is 0 Å². The van der Waals surface area contributed by atoms with E-state index in [1.165, 1.54) is 42.6 Å². The van der Waals surface area contributed by atoms with Gasteiger partial charge in [-0.3, -0.25) is 0 Å². The Morgan fingerprint density at radius 2 is 1.11 bits per heavy atom. The molecule has 0 saturated heterocycles. The van der Waals surface area contributed by atoms with Gasteiger partial charge in [-0.25, -0.2) is 14.2 Å². The number of nitrogens with zero attached hydrogens (tertiary/aromatic N) is 4. The van der Waals surface area contributed by atoms with Crippen LogP contribution in [0.5, 0.6) is 0 Å². The first-order valence-electron chi connectivity index (χ1n) is 10.9. The van der Waals surface area contributed by atoms with E-state index in [1.54, 1.807) is 24.3 Å². The number of hydrazone groups is 1. The molecule has 4 rings (SSSR count). The number of benzene rings is 3. The summed E-state index contributed by atoms with van der Waals surface area (Å²) in [4.78, 5) is 12.8. The Labute approximate surface area is 208 Å². The lowest BCUT2D eigenvalue weighted by Crippen LogP contribution is -2.11. The Morgan fingerprint density at radius 3 is 1.57 bits per heavy atom. The maximum Gasteiger partial charge on any atom is 0.416 e. The first-order chi connectivity index (χ1) is 17.7. The topological polar surface area (TPSA) is 87.1 Å². The van der Waals surface area contributed by atoms with Crippen LogP contribution in [0.25, 0.3) is 0 Å². The molecule has 0 aliphatic rings. The number of hydrogen-bond donors (Lipinski definition) is 3. The van der Waals surface area contributed by atoms with Gasteiger partial charge in [0.25, 0.3) is 0 Å². The fraction of sp³-hybridized carbons (Fsp3) is 0.120. The van der Waals surface area contributed by atoms with Crippen LogP contribution in [0.4, 0.5) is 39.8 Å². The Hall–Kier alpha value is -4.61. The van der Waals surface area contributed by atoms with Gasteiger partial charge in [-0.1, -0.05) is 36.4 Å². The van der Waals surface area contributed by atoms with Gasteiger partial charge in [0.15, 0.2) is 0 Å². The Bertz CT molecular complexity index is 1270. The highest BCUT2D eigenvalue weighted by Gasteiger charge is 2.29. The molecule has 3 aromatic carbocycles. The van der Waals surface area contributed by atoms with Crippen molar-refractivity contribution in [3.8, 4) is 0 Å². The second-order valence-electron chi connectivity index (χ2n) is 7.76. The molecule has 0 aliphatic heterocycles. The average Bonchev–Trinajstić information content (AvgIpc) is 2.88. The summed E-state index contributed by atoms with van der Waals surface area (Å²) in [6.45, 7) is 0.603. The molecule has 0 fully saturated rings. The molecular formula is C25H20F5N7. The minimum atomic E-state index is -4.42. The summed E-state index contributed by atoms with van der Waals surface area (Å²) in [5, 5.41) is 10.0. The van der Waals surface area contributed by atoms with Crippen LogP contribution in [-0.4, -0.2) is 21.2 Å². The summed E-state index contributed by atoms with van der Waals surface area (Å²) in [6.07, 6.45) is -3.10. The van der Waals surface area contributed by atoms with Crippen molar-refractivity contribution in [1.29, 1.82) is 0 Å². The number of nitrogens with one attached hydrogen (secondary N) is 3. The van der Waals surface area contributed by atoms with E-state index >= 15 is 0 Å². The van der Waals surface area contributed by atoms with Crippen molar-refractivity contribution in [2.45, 2.75) is 19.3 Å². The molecule has 0 unspecified atom stereocenters. The zero-order valence-corrected chi connectivity index (χ0v) is 19.1. The predicted octanol–water partition coefficient (Wildman–Crippen LogP) is 5.84. The molecule has 37 heavy (non-hydrogen) atoms. The highest BCUT2D eigenvalue weighted by molar-refractivity contribution is 5.80. The van der Waals surface area contributed by atoms with E-state index < -0.39 is 11.7 Å². The molecule has 1 aromatic heterocycles. The van der Waals surface area contributed by atoms with Crippen LogP contribution in [0.1, 0.15) is 22.3 Å². The minimum Gasteiger partial charge on any atom is -0.350 e. The zero-order valence-electron chi connectivity index (χ0n) is 19.1. The maximum atomic E-state index is 13.2. The van der Waals surface area contributed by atoms with Crippen molar-refractivity contribution >= 4 is 24.1 Å². The van der Waals surface area contributed by atoms with E-state index in [0.717, 1.165) is 23.3 Å².